The Hall–Kier alpha value is -5.87. The Morgan fingerprint density at radius 1 is 0.432 bits per heavy atom. The monoisotopic (exact) mass is 563 g/mol. The third kappa shape index (κ3) is 3.89. The largest absolute Gasteiger partial charge is 0.456 e. The van der Waals surface area contributed by atoms with Crippen molar-refractivity contribution in [3.05, 3.63) is 163 Å². The minimum absolute atomic E-state index is 0.102. The van der Waals surface area contributed by atoms with Crippen LogP contribution in [0.3, 0.4) is 0 Å². The fourth-order valence-corrected chi connectivity index (χ4v) is 6.63. The van der Waals surface area contributed by atoms with Crippen molar-refractivity contribution in [1.29, 1.82) is 0 Å². The number of rotatable bonds is 4. The predicted octanol–water partition coefficient (Wildman–Crippen LogP) is 9.93. The smallest absolute Gasteiger partial charge is 0.163 e. The Bertz CT molecular complexity index is 2300. The molecule has 206 valence electrons. The molecular formula is C40H25N3O. The maximum Gasteiger partial charge on any atom is 0.163 e. The van der Waals surface area contributed by atoms with Gasteiger partial charge in [-0.15, -0.1) is 0 Å². The maximum atomic E-state index is 6.44. The third-order valence-corrected chi connectivity index (χ3v) is 8.60. The van der Waals surface area contributed by atoms with E-state index in [0.29, 0.717) is 11.6 Å². The first-order valence-electron chi connectivity index (χ1n) is 14.8. The number of hydrogen-bond donors (Lipinski definition) is 0. The Balaban J connectivity index is 1.32. The summed E-state index contributed by atoms with van der Waals surface area (Å²) in [5.74, 6) is 1.90. The summed E-state index contributed by atoms with van der Waals surface area (Å²) in [5.41, 5.74) is 10.6. The molecule has 8 aromatic rings. The Morgan fingerprint density at radius 2 is 1.00 bits per heavy atom. The summed E-state index contributed by atoms with van der Waals surface area (Å²) in [6.07, 6.45) is 0. The van der Waals surface area contributed by atoms with Crippen LogP contribution in [-0.2, 0) is 0 Å². The molecule has 1 aliphatic rings. The fourth-order valence-electron chi connectivity index (χ4n) is 6.63. The van der Waals surface area contributed by atoms with Gasteiger partial charge in [0.05, 0.1) is 5.92 Å². The second-order valence-corrected chi connectivity index (χ2v) is 11.2. The molecule has 2 heterocycles. The van der Waals surface area contributed by atoms with E-state index in [9.17, 15) is 0 Å². The first kappa shape index (κ1) is 24.7. The zero-order valence-corrected chi connectivity index (χ0v) is 23.7. The van der Waals surface area contributed by atoms with Crippen LogP contribution < -0.4 is 0 Å². The molecule has 0 saturated carbocycles. The molecule has 0 radical (unpaired) electrons. The van der Waals surface area contributed by atoms with Crippen LogP contribution in [0.5, 0.6) is 0 Å². The van der Waals surface area contributed by atoms with Crippen LogP contribution in [0.2, 0.25) is 0 Å². The van der Waals surface area contributed by atoms with Gasteiger partial charge in [0.15, 0.2) is 11.6 Å². The highest BCUT2D eigenvalue weighted by molar-refractivity contribution is 6.13. The van der Waals surface area contributed by atoms with Crippen molar-refractivity contribution >= 4 is 21.9 Å². The van der Waals surface area contributed by atoms with Crippen molar-refractivity contribution in [3.63, 3.8) is 0 Å². The van der Waals surface area contributed by atoms with Gasteiger partial charge in [0.2, 0.25) is 0 Å². The minimum Gasteiger partial charge on any atom is -0.456 e. The highest BCUT2D eigenvalue weighted by Crippen LogP contribution is 2.47. The topological polar surface area (TPSA) is 51.8 Å². The highest BCUT2D eigenvalue weighted by Gasteiger charge is 2.32. The summed E-state index contributed by atoms with van der Waals surface area (Å²) in [6, 6.07) is 50.3. The van der Waals surface area contributed by atoms with E-state index in [1.54, 1.807) is 0 Å². The van der Waals surface area contributed by atoms with Crippen LogP contribution in [-0.4, -0.2) is 15.0 Å². The number of hydrogen-bond acceptors (Lipinski definition) is 4. The molecule has 0 N–H and O–H groups in total. The highest BCUT2D eigenvalue weighted by atomic mass is 16.3. The normalized spacial score (nSPS) is 12.5. The Kier molecular flexibility index (Phi) is 5.53. The summed E-state index contributed by atoms with van der Waals surface area (Å²) < 4.78 is 6.44. The molecule has 4 nitrogen and oxygen atoms in total. The van der Waals surface area contributed by atoms with E-state index in [2.05, 4.69) is 109 Å². The fraction of sp³-hybridized carbons (Fsp3) is 0.0250. The SMILES string of the molecule is c1ccc(-c2nc(-c3cc(-c4ccccc4)c4c(c3)oc3ccccc34)nc(C3c4ccccc4-c4ccccc43)n2)cc1. The molecule has 0 aliphatic heterocycles. The summed E-state index contributed by atoms with van der Waals surface area (Å²) in [5, 5.41) is 2.18. The van der Waals surface area contributed by atoms with E-state index in [-0.39, 0.29) is 5.92 Å². The molecule has 1 aliphatic carbocycles. The number of nitrogens with zero attached hydrogens (tertiary/aromatic N) is 3. The number of para-hydroxylation sites is 1. The van der Waals surface area contributed by atoms with Gasteiger partial charge in [-0.1, -0.05) is 127 Å². The lowest BCUT2D eigenvalue weighted by molar-refractivity contribution is 0.669. The van der Waals surface area contributed by atoms with Crippen molar-refractivity contribution in [1.82, 2.24) is 15.0 Å². The molecule has 2 aromatic heterocycles. The lowest BCUT2D eigenvalue weighted by atomic mass is 9.95. The average molecular weight is 564 g/mol. The molecule has 6 aromatic carbocycles. The van der Waals surface area contributed by atoms with E-state index in [1.165, 1.54) is 22.3 Å². The first-order chi connectivity index (χ1) is 21.8. The number of aromatic nitrogens is 3. The summed E-state index contributed by atoms with van der Waals surface area (Å²) in [4.78, 5) is 15.5. The minimum atomic E-state index is -0.102. The number of fused-ring (bicyclic) bond motifs is 6. The summed E-state index contributed by atoms with van der Waals surface area (Å²) in [7, 11) is 0. The van der Waals surface area contributed by atoms with E-state index in [4.69, 9.17) is 19.4 Å². The first-order valence-corrected chi connectivity index (χ1v) is 14.8. The van der Waals surface area contributed by atoms with Gasteiger partial charge in [0.1, 0.15) is 17.0 Å². The third-order valence-electron chi connectivity index (χ3n) is 8.60. The van der Waals surface area contributed by atoms with Crippen molar-refractivity contribution in [2.24, 2.45) is 0 Å². The molecule has 44 heavy (non-hydrogen) atoms. The number of furan rings is 1. The van der Waals surface area contributed by atoms with Gasteiger partial charge >= 0.3 is 0 Å². The summed E-state index contributed by atoms with van der Waals surface area (Å²) >= 11 is 0. The van der Waals surface area contributed by atoms with Gasteiger partial charge in [-0.2, -0.15) is 0 Å². The Labute approximate surface area is 254 Å². The van der Waals surface area contributed by atoms with Gasteiger partial charge in [0.25, 0.3) is 0 Å². The van der Waals surface area contributed by atoms with E-state index < -0.39 is 0 Å². The predicted molar refractivity (Wildman–Crippen MR) is 176 cm³/mol. The number of benzene rings is 6. The molecule has 0 bridgehead atoms. The van der Waals surface area contributed by atoms with Gasteiger partial charge in [0, 0.05) is 21.9 Å². The van der Waals surface area contributed by atoms with Crippen molar-refractivity contribution in [2.45, 2.75) is 5.92 Å². The molecule has 4 heteroatoms. The van der Waals surface area contributed by atoms with E-state index in [1.807, 2.05) is 36.4 Å². The van der Waals surface area contributed by atoms with Gasteiger partial charge in [-0.05, 0) is 51.6 Å². The van der Waals surface area contributed by atoms with Crippen LogP contribution in [0.1, 0.15) is 22.9 Å². The van der Waals surface area contributed by atoms with Crippen LogP contribution in [0.4, 0.5) is 0 Å². The van der Waals surface area contributed by atoms with Crippen LogP contribution in [0.25, 0.3) is 67.0 Å². The summed E-state index contributed by atoms with van der Waals surface area (Å²) in [6.45, 7) is 0. The van der Waals surface area contributed by atoms with Gasteiger partial charge in [-0.3, -0.25) is 0 Å². The standard InChI is InChI=1S/C40H25N3O/c1-3-13-25(14-4-1)33-23-27(24-35-36(33)32-21-11-12-22-34(32)44-35)39-41-38(26-15-5-2-6-16-26)42-40(43-39)37-30-19-9-7-17-28(30)29-18-8-10-20-31(29)37/h1-24,37H. The van der Waals surface area contributed by atoms with Crippen LogP contribution in [0.15, 0.2) is 150 Å². The van der Waals surface area contributed by atoms with Gasteiger partial charge < -0.3 is 4.42 Å². The van der Waals surface area contributed by atoms with Crippen LogP contribution >= 0.6 is 0 Å². The zero-order chi connectivity index (χ0) is 29.0. The van der Waals surface area contributed by atoms with E-state index in [0.717, 1.165) is 50.0 Å². The molecule has 0 atom stereocenters. The van der Waals surface area contributed by atoms with Crippen molar-refractivity contribution < 1.29 is 4.42 Å². The van der Waals surface area contributed by atoms with Crippen molar-refractivity contribution in [3.8, 4) is 45.0 Å². The molecule has 0 amide bonds. The molecule has 9 rings (SSSR count). The maximum absolute atomic E-state index is 6.44. The second-order valence-electron chi connectivity index (χ2n) is 11.2. The molecule has 0 spiro atoms. The lowest BCUT2D eigenvalue weighted by Crippen LogP contribution is -2.09. The molecule has 0 unspecified atom stereocenters. The van der Waals surface area contributed by atoms with Gasteiger partial charge in [-0.25, -0.2) is 15.0 Å². The average Bonchev–Trinajstić information content (AvgIpc) is 3.64. The lowest BCUT2D eigenvalue weighted by Gasteiger charge is -2.15. The molecule has 0 fully saturated rings. The van der Waals surface area contributed by atoms with E-state index >= 15 is 0 Å². The van der Waals surface area contributed by atoms with Crippen molar-refractivity contribution in [2.75, 3.05) is 0 Å². The Morgan fingerprint density at radius 3 is 1.70 bits per heavy atom. The second kappa shape index (κ2) is 9.85. The molecule has 0 saturated heterocycles. The molecular weight excluding hydrogens is 538 g/mol. The quantitative estimate of drug-likeness (QED) is 0.214. The zero-order valence-electron chi connectivity index (χ0n) is 23.7. The van der Waals surface area contributed by atoms with Crippen LogP contribution in [0, 0.1) is 0 Å².